The second-order valence-corrected chi connectivity index (χ2v) is 5.39. The fraction of sp³-hybridized carbons (Fsp3) is 0.462. The van der Waals surface area contributed by atoms with Gasteiger partial charge in [0.15, 0.2) is 0 Å². The molecular formula is C13H20ClN5O2S. The fourth-order valence-electron chi connectivity index (χ4n) is 1.66. The molecule has 0 radical (unpaired) electrons. The van der Waals surface area contributed by atoms with Crippen LogP contribution in [0.5, 0.6) is 5.75 Å². The maximum absolute atomic E-state index is 8.68. The molecule has 9 heteroatoms. The molecule has 0 aliphatic carbocycles. The summed E-state index contributed by atoms with van der Waals surface area (Å²) >= 11 is 1.62. The smallest absolute Gasteiger partial charge is 0.209 e. The number of hydrogen-bond donors (Lipinski definition) is 2. The largest absolute Gasteiger partial charge is 0.491 e. The van der Waals surface area contributed by atoms with Crippen molar-refractivity contribution < 1.29 is 9.84 Å². The number of ether oxygens (including phenoxy) is 1. The fourth-order valence-corrected chi connectivity index (χ4v) is 2.40. The van der Waals surface area contributed by atoms with E-state index in [1.807, 2.05) is 31.3 Å². The molecule has 0 fully saturated rings. The van der Waals surface area contributed by atoms with Crippen LogP contribution in [-0.4, -0.2) is 50.8 Å². The lowest BCUT2D eigenvalue weighted by atomic mass is 10.2. The van der Waals surface area contributed by atoms with Crippen molar-refractivity contribution in [2.75, 3.05) is 25.5 Å². The molecule has 0 amide bonds. The molecule has 0 atom stereocenters. The van der Waals surface area contributed by atoms with Crippen molar-refractivity contribution in [2.24, 2.45) is 7.05 Å². The van der Waals surface area contributed by atoms with Crippen LogP contribution in [0.4, 0.5) is 0 Å². The third-order valence-corrected chi connectivity index (χ3v) is 3.72. The van der Waals surface area contributed by atoms with Gasteiger partial charge >= 0.3 is 0 Å². The number of tetrazole rings is 1. The van der Waals surface area contributed by atoms with Gasteiger partial charge in [0, 0.05) is 25.9 Å². The summed E-state index contributed by atoms with van der Waals surface area (Å²) in [5.41, 5.74) is 1.19. The van der Waals surface area contributed by atoms with Crippen LogP contribution in [-0.2, 0) is 13.6 Å². The number of aryl methyl sites for hydroxylation is 1. The quantitative estimate of drug-likeness (QED) is 0.515. The minimum atomic E-state index is 0. The van der Waals surface area contributed by atoms with Crippen molar-refractivity contribution in [1.82, 2.24) is 25.5 Å². The van der Waals surface area contributed by atoms with Crippen LogP contribution < -0.4 is 10.1 Å². The normalized spacial score (nSPS) is 10.3. The number of aliphatic hydroxyl groups is 1. The lowest BCUT2D eigenvalue weighted by Crippen LogP contribution is -2.16. The first-order chi connectivity index (χ1) is 10.3. The molecule has 7 nitrogen and oxygen atoms in total. The molecule has 122 valence electrons. The van der Waals surface area contributed by atoms with Gasteiger partial charge in [0.05, 0.1) is 6.61 Å². The summed E-state index contributed by atoms with van der Waals surface area (Å²) in [6.45, 7) is 2.03. The van der Waals surface area contributed by atoms with Crippen LogP contribution in [0.25, 0.3) is 0 Å². The maximum Gasteiger partial charge on any atom is 0.209 e. The van der Waals surface area contributed by atoms with Crippen LogP contribution in [0.2, 0.25) is 0 Å². The molecule has 2 N–H and O–H groups in total. The zero-order valence-corrected chi connectivity index (χ0v) is 13.9. The van der Waals surface area contributed by atoms with Gasteiger partial charge in [0.1, 0.15) is 12.4 Å². The van der Waals surface area contributed by atoms with Crippen molar-refractivity contribution in [3.8, 4) is 5.75 Å². The minimum absolute atomic E-state index is 0. The molecule has 0 spiro atoms. The molecule has 1 aromatic carbocycles. The molecule has 2 aromatic rings. The summed E-state index contributed by atoms with van der Waals surface area (Å²) in [4.78, 5) is 0. The van der Waals surface area contributed by atoms with E-state index >= 15 is 0 Å². The number of benzene rings is 1. The average molecular weight is 346 g/mol. The Bertz CT molecular complexity index is 537. The predicted octanol–water partition coefficient (Wildman–Crippen LogP) is 0.885. The molecule has 2 rings (SSSR count). The number of rotatable bonds is 9. The van der Waals surface area contributed by atoms with Gasteiger partial charge in [-0.25, -0.2) is 4.68 Å². The molecular weight excluding hydrogens is 326 g/mol. The monoisotopic (exact) mass is 345 g/mol. The molecule has 0 saturated heterocycles. The zero-order valence-electron chi connectivity index (χ0n) is 12.3. The van der Waals surface area contributed by atoms with Gasteiger partial charge in [-0.2, -0.15) is 0 Å². The standard InChI is InChI=1S/C13H19N5O2S.ClH/c1-18-13(15-16-17-18)21-9-6-14-10-11-2-4-12(5-3-11)20-8-7-19;/h2-5,14,19H,6-10H2,1H3;1H. The number of aliphatic hydroxyl groups excluding tert-OH is 1. The van der Waals surface area contributed by atoms with E-state index < -0.39 is 0 Å². The number of halogens is 1. The summed E-state index contributed by atoms with van der Waals surface area (Å²) in [6.07, 6.45) is 0. The second kappa shape index (κ2) is 10.4. The topological polar surface area (TPSA) is 85.1 Å². The molecule has 22 heavy (non-hydrogen) atoms. The molecule has 1 heterocycles. The van der Waals surface area contributed by atoms with Crippen molar-refractivity contribution in [1.29, 1.82) is 0 Å². The summed E-state index contributed by atoms with van der Waals surface area (Å²) in [5, 5.41) is 24.2. The van der Waals surface area contributed by atoms with Crippen molar-refractivity contribution >= 4 is 24.2 Å². The van der Waals surface area contributed by atoms with Crippen LogP contribution in [0.1, 0.15) is 5.56 Å². The SMILES string of the molecule is Cl.Cn1nnnc1SCCNCc1ccc(OCCO)cc1. The maximum atomic E-state index is 8.68. The van der Waals surface area contributed by atoms with Gasteiger partial charge in [0.2, 0.25) is 5.16 Å². The molecule has 1 aromatic heterocycles. The Hall–Kier alpha value is -1.35. The Balaban J connectivity index is 0.00000242. The molecule has 0 aliphatic heterocycles. The highest BCUT2D eigenvalue weighted by molar-refractivity contribution is 7.99. The second-order valence-electron chi connectivity index (χ2n) is 4.33. The van der Waals surface area contributed by atoms with Gasteiger partial charge in [-0.3, -0.25) is 0 Å². The predicted molar refractivity (Wildman–Crippen MR) is 87.5 cm³/mol. The number of aromatic nitrogens is 4. The first-order valence-corrected chi connectivity index (χ1v) is 7.66. The van der Waals surface area contributed by atoms with E-state index in [0.717, 1.165) is 29.7 Å². The van der Waals surface area contributed by atoms with Crippen LogP contribution in [0.3, 0.4) is 0 Å². The van der Waals surface area contributed by atoms with E-state index in [1.54, 1.807) is 16.4 Å². The van der Waals surface area contributed by atoms with Crippen molar-refractivity contribution in [3.63, 3.8) is 0 Å². The van der Waals surface area contributed by atoms with Gasteiger partial charge in [-0.05, 0) is 28.1 Å². The van der Waals surface area contributed by atoms with E-state index in [4.69, 9.17) is 9.84 Å². The Morgan fingerprint density at radius 2 is 2.09 bits per heavy atom. The van der Waals surface area contributed by atoms with Gasteiger partial charge in [0.25, 0.3) is 0 Å². The van der Waals surface area contributed by atoms with Gasteiger partial charge < -0.3 is 15.2 Å². The highest BCUT2D eigenvalue weighted by Gasteiger charge is 2.01. The third-order valence-electron chi connectivity index (χ3n) is 2.70. The van der Waals surface area contributed by atoms with Crippen molar-refractivity contribution in [2.45, 2.75) is 11.7 Å². The summed E-state index contributed by atoms with van der Waals surface area (Å²) in [5.74, 6) is 1.68. The number of nitrogens with zero attached hydrogens (tertiary/aromatic N) is 4. The van der Waals surface area contributed by atoms with Gasteiger partial charge in [-0.15, -0.1) is 17.5 Å². The van der Waals surface area contributed by atoms with Crippen LogP contribution >= 0.6 is 24.2 Å². The average Bonchev–Trinajstić information content (AvgIpc) is 2.91. The minimum Gasteiger partial charge on any atom is -0.491 e. The highest BCUT2D eigenvalue weighted by Crippen LogP contribution is 2.13. The summed E-state index contributed by atoms with van der Waals surface area (Å²) in [6, 6.07) is 7.85. The Labute approximate surface area is 139 Å². The first kappa shape index (κ1) is 18.7. The first-order valence-electron chi connectivity index (χ1n) is 6.68. The lowest BCUT2D eigenvalue weighted by molar-refractivity contribution is 0.201. The Morgan fingerprint density at radius 1 is 1.32 bits per heavy atom. The van der Waals surface area contributed by atoms with Crippen LogP contribution in [0, 0.1) is 0 Å². The van der Waals surface area contributed by atoms with E-state index in [1.165, 1.54) is 5.56 Å². The Morgan fingerprint density at radius 3 is 2.73 bits per heavy atom. The van der Waals surface area contributed by atoms with E-state index in [2.05, 4.69) is 20.8 Å². The van der Waals surface area contributed by atoms with Crippen molar-refractivity contribution in [3.05, 3.63) is 29.8 Å². The zero-order chi connectivity index (χ0) is 14.9. The van der Waals surface area contributed by atoms with E-state index in [9.17, 15) is 0 Å². The molecule has 0 saturated carbocycles. The molecule has 0 aliphatic rings. The lowest BCUT2D eigenvalue weighted by Gasteiger charge is -2.07. The number of nitrogens with one attached hydrogen (secondary N) is 1. The molecule has 0 unspecified atom stereocenters. The number of hydrogen-bond acceptors (Lipinski definition) is 7. The Kier molecular flexibility index (Phi) is 8.83. The van der Waals surface area contributed by atoms with E-state index in [0.29, 0.717) is 6.61 Å². The third kappa shape index (κ3) is 6.18. The summed E-state index contributed by atoms with van der Waals surface area (Å²) < 4.78 is 6.97. The number of thioether (sulfide) groups is 1. The van der Waals surface area contributed by atoms with E-state index in [-0.39, 0.29) is 19.0 Å². The highest BCUT2D eigenvalue weighted by atomic mass is 35.5. The van der Waals surface area contributed by atoms with Gasteiger partial charge in [-0.1, -0.05) is 23.9 Å². The summed E-state index contributed by atoms with van der Waals surface area (Å²) in [7, 11) is 1.83. The van der Waals surface area contributed by atoms with Crippen LogP contribution in [0.15, 0.2) is 29.4 Å². The molecule has 0 bridgehead atoms.